The van der Waals surface area contributed by atoms with Crippen LogP contribution in [0.3, 0.4) is 0 Å². The Morgan fingerprint density at radius 2 is 2.21 bits per heavy atom. The Balaban J connectivity index is 1.68. The number of aromatic nitrogens is 3. The zero-order valence-electron chi connectivity index (χ0n) is 14.1. The fourth-order valence-electron chi connectivity index (χ4n) is 2.78. The summed E-state index contributed by atoms with van der Waals surface area (Å²) in [6, 6.07) is 4.01. The number of nitrogens with zero attached hydrogens (tertiary/aromatic N) is 4. The van der Waals surface area contributed by atoms with Crippen LogP contribution in [-0.4, -0.2) is 45.4 Å². The van der Waals surface area contributed by atoms with Gasteiger partial charge >= 0.3 is 6.09 Å². The smallest absolute Gasteiger partial charge is 0.407 e. The molecule has 0 radical (unpaired) electrons. The number of halogens is 1. The summed E-state index contributed by atoms with van der Waals surface area (Å²) < 4.78 is 8.16. The molecule has 8 heteroatoms. The van der Waals surface area contributed by atoms with Gasteiger partial charge < -0.3 is 15.0 Å². The number of alkyl carbamates (subject to hydrolysis) is 1. The second-order valence-corrected chi connectivity index (χ2v) is 8.08. The van der Waals surface area contributed by atoms with Crippen LogP contribution in [0.15, 0.2) is 18.3 Å². The van der Waals surface area contributed by atoms with Gasteiger partial charge in [-0.25, -0.2) is 14.3 Å². The normalized spacial score (nSPS) is 18.7. The molecule has 0 aromatic carbocycles. The number of nitrogens with one attached hydrogen (secondary N) is 1. The highest BCUT2D eigenvalue weighted by molar-refractivity contribution is 14.1. The number of rotatable bonds is 2. The minimum absolute atomic E-state index is 0.0629. The lowest BCUT2D eigenvalue weighted by Gasteiger charge is -2.34. The second kappa shape index (κ2) is 6.73. The van der Waals surface area contributed by atoms with Crippen LogP contribution in [0.5, 0.6) is 0 Å². The van der Waals surface area contributed by atoms with E-state index in [1.54, 1.807) is 6.20 Å². The minimum atomic E-state index is -0.483. The number of anilines is 1. The van der Waals surface area contributed by atoms with Crippen molar-refractivity contribution in [2.75, 3.05) is 18.0 Å². The number of carbonyl (C=O) groups excluding carboxylic acids is 1. The summed E-state index contributed by atoms with van der Waals surface area (Å²) >= 11 is 2.22. The molecule has 1 N–H and O–H groups in total. The summed E-state index contributed by atoms with van der Waals surface area (Å²) in [5.74, 6) is 0.897. The highest BCUT2D eigenvalue weighted by Gasteiger charge is 2.25. The van der Waals surface area contributed by atoms with Gasteiger partial charge in [0.2, 0.25) is 0 Å². The molecule has 3 rings (SSSR count). The van der Waals surface area contributed by atoms with Crippen LogP contribution >= 0.6 is 22.6 Å². The van der Waals surface area contributed by atoms with Crippen molar-refractivity contribution in [3.05, 3.63) is 22.0 Å². The number of piperidine rings is 1. The molecule has 0 saturated carbocycles. The third-order valence-electron chi connectivity index (χ3n) is 3.77. The number of hydrogen-bond acceptors (Lipinski definition) is 5. The Hall–Kier alpha value is -1.58. The van der Waals surface area contributed by atoms with Gasteiger partial charge in [0, 0.05) is 19.1 Å². The largest absolute Gasteiger partial charge is 0.444 e. The van der Waals surface area contributed by atoms with Crippen molar-refractivity contribution >= 4 is 40.1 Å². The van der Waals surface area contributed by atoms with Crippen LogP contribution in [0.1, 0.15) is 33.6 Å². The molecule has 1 aliphatic heterocycles. The summed E-state index contributed by atoms with van der Waals surface area (Å²) in [4.78, 5) is 18.5. The van der Waals surface area contributed by atoms with Crippen molar-refractivity contribution in [2.24, 2.45) is 0 Å². The summed E-state index contributed by atoms with van der Waals surface area (Å²) in [6.07, 6.45) is 3.39. The molecule has 0 spiro atoms. The van der Waals surface area contributed by atoms with Crippen LogP contribution in [-0.2, 0) is 4.74 Å². The second-order valence-electron chi connectivity index (χ2n) is 6.97. The van der Waals surface area contributed by atoms with Gasteiger partial charge in [0.15, 0.2) is 5.65 Å². The predicted octanol–water partition coefficient (Wildman–Crippen LogP) is 2.83. The average Bonchev–Trinajstić information content (AvgIpc) is 2.86. The molecule has 1 saturated heterocycles. The molecule has 24 heavy (non-hydrogen) atoms. The molecule has 2 aromatic rings. The van der Waals surface area contributed by atoms with E-state index in [0.29, 0.717) is 0 Å². The average molecular weight is 443 g/mol. The lowest BCUT2D eigenvalue weighted by molar-refractivity contribution is 0.0500. The lowest BCUT2D eigenvalue weighted by Crippen LogP contribution is -2.49. The number of amides is 1. The molecule has 0 aliphatic carbocycles. The Bertz CT molecular complexity index is 740. The van der Waals surface area contributed by atoms with Crippen molar-refractivity contribution in [3.8, 4) is 0 Å². The molecular weight excluding hydrogens is 421 g/mol. The first-order valence-corrected chi connectivity index (χ1v) is 9.14. The van der Waals surface area contributed by atoms with E-state index in [-0.39, 0.29) is 12.1 Å². The maximum atomic E-state index is 12.0. The zero-order valence-corrected chi connectivity index (χ0v) is 16.3. The SMILES string of the molecule is CC(C)(C)OC(=O)N[C@@H]1CCCN(c2ccc3ncc(I)n3n2)C1. The highest BCUT2D eigenvalue weighted by Crippen LogP contribution is 2.19. The molecule has 1 atom stereocenters. The molecule has 130 valence electrons. The maximum absolute atomic E-state index is 12.0. The predicted molar refractivity (Wildman–Crippen MR) is 100 cm³/mol. The van der Waals surface area contributed by atoms with Crippen LogP contribution in [0.25, 0.3) is 5.65 Å². The Labute approximate surface area is 154 Å². The number of carbonyl (C=O) groups is 1. The van der Waals surface area contributed by atoms with Crippen molar-refractivity contribution in [1.82, 2.24) is 19.9 Å². The third-order valence-corrected chi connectivity index (χ3v) is 4.51. The fraction of sp³-hybridized carbons (Fsp3) is 0.562. The molecule has 1 fully saturated rings. The molecule has 1 amide bonds. The number of fused-ring (bicyclic) bond motifs is 1. The van der Waals surface area contributed by atoms with Crippen molar-refractivity contribution in [2.45, 2.75) is 45.3 Å². The third kappa shape index (κ3) is 4.08. The first-order chi connectivity index (χ1) is 11.3. The molecule has 0 bridgehead atoms. The van der Waals surface area contributed by atoms with Crippen LogP contribution < -0.4 is 10.2 Å². The van der Waals surface area contributed by atoms with Crippen molar-refractivity contribution < 1.29 is 9.53 Å². The first-order valence-electron chi connectivity index (χ1n) is 8.06. The zero-order chi connectivity index (χ0) is 17.3. The standard InChI is InChI=1S/C16H22IN5O2/c1-16(2,3)24-15(23)19-11-5-4-8-21(10-11)14-7-6-13-18-9-12(17)22(13)20-14/h6-7,9,11H,4-5,8,10H2,1-3H3,(H,19,23)/t11-/m1/s1. The van der Waals surface area contributed by atoms with Gasteiger partial charge in [0.1, 0.15) is 15.1 Å². The van der Waals surface area contributed by atoms with Crippen molar-refractivity contribution in [1.29, 1.82) is 0 Å². The Morgan fingerprint density at radius 3 is 2.96 bits per heavy atom. The Kier molecular flexibility index (Phi) is 4.84. The lowest BCUT2D eigenvalue weighted by atomic mass is 10.1. The van der Waals surface area contributed by atoms with E-state index in [2.05, 4.69) is 42.9 Å². The van der Waals surface area contributed by atoms with Crippen LogP contribution in [0.4, 0.5) is 10.6 Å². The monoisotopic (exact) mass is 443 g/mol. The Morgan fingerprint density at radius 1 is 1.42 bits per heavy atom. The maximum Gasteiger partial charge on any atom is 0.407 e. The van der Waals surface area contributed by atoms with Crippen LogP contribution in [0.2, 0.25) is 0 Å². The van der Waals surface area contributed by atoms with Gasteiger partial charge in [-0.15, -0.1) is 5.10 Å². The first kappa shape index (κ1) is 17.2. The van der Waals surface area contributed by atoms with E-state index >= 15 is 0 Å². The van der Waals surface area contributed by atoms with E-state index in [1.807, 2.05) is 37.4 Å². The fourth-order valence-corrected chi connectivity index (χ4v) is 3.28. The minimum Gasteiger partial charge on any atom is -0.444 e. The number of hydrogen-bond donors (Lipinski definition) is 1. The van der Waals surface area contributed by atoms with Gasteiger partial charge in [-0.1, -0.05) is 0 Å². The summed E-state index contributed by atoms with van der Waals surface area (Å²) in [6.45, 7) is 7.25. The van der Waals surface area contributed by atoms with Crippen LogP contribution in [0, 0.1) is 3.70 Å². The van der Waals surface area contributed by atoms with Gasteiger partial charge in [0.25, 0.3) is 0 Å². The molecule has 2 aromatic heterocycles. The number of imidazole rings is 1. The highest BCUT2D eigenvalue weighted by atomic mass is 127. The van der Waals surface area contributed by atoms with E-state index in [4.69, 9.17) is 4.74 Å². The number of ether oxygens (including phenoxy) is 1. The van der Waals surface area contributed by atoms with E-state index in [0.717, 1.165) is 41.1 Å². The van der Waals surface area contributed by atoms with E-state index < -0.39 is 5.60 Å². The summed E-state index contributed by atoms with van der Waals surface area (Å²) in [7, 11) is 0. The summed E-state index contributed by atoms with van der Waals surface area (Å²) in [5, 5.41) is 7.63. The van der Waals surface area contributed by atoms with Crippen molar-refractivity contribution in [3.63, 3.8) is 0 Å². The quantitative estimate of drug-likeness (QED) is 0.723. The van der Waals surface area contributed by atoms with Gasteiger partial charge in [-0.2, -0.15) is 0 Å². The van der Waals surface area contributed by atoms with E-state index in [9.17, 15) is 4.79 Å². The topological polar surface area (TPSA) is 71.8 Å². The summed E-state index contributed by atoms with van der Waals surface area (Å²) in [5.41, 5.74) is 0.354. The van der Waals surface area contributed by atoms with Gasteiger partial charge in [0.05, 0.1) is 6.20 Å². The molecular formula is C16H22IN5O2. The molecule has 1 aliphatic rings. The molecule has 0 unspecified atom stereocenters. The molecule has 7 nitrogen and oxygen atoms in total. The van der Waals surface area contributed by atoms with Gasteiger partial charge in [-0.3, -0.25) is 0 Å². The molecule has 3 heterocycles. The van der Waals surface area contributed by atoms with Gasteiger partial charge in [-0.05, 0) is 68.3 Å². The van der Waals surface area contributed by atoms with E-state index in [1.165, 1.54) is 0 Å².